The van der Waals surface area contributed by atoms with Crippen LogP contribution in [-0.2, 0) is 0 Å². The number of piperazine rings is 1. The van der Waals surface area contributed by atoms with Gasteiger partial charge in [0.2, 0.25) is 0 Å². The second kappa shape index (κ2) is 9.12. The summed E-state index contributed by atoms with van der Waals surface area (Å²) in [7, 11) is 0. The molecule has 1 amide bonds. The topological polar surface area (TPSA) is 76.4 Å². The number of benzene rings is 2. The summed E-state index contributed by atoms with van der Waals surface area (Å²) in [6.07, 6.45) is 5.21. The van der Waals surface area contributed by atoms with Crippen LogP contribution in [0.3, 0.4) is 0 Å². The Morgan fingerprint density at radius 1 is 0.848 bits per heavy atom. The van der Waals surface area contributed by atoms with E-state index in [9.17, 15) is 4.79 Å². The summed E-state index contributed by atoms with van der Waals surface area (Å²) < 4.78 is 7.74. The predicted octanol–water partition coefficient (Wildman–Crippen LogP) is 3.73. The first-order valence-electron chi connectivity index (χ1n) is 10.9. The molecule has 0 aliphatic carbocycles. The van der Waals surface area contributed by atoms with Crippen LogP contribution in [0.1, 0.15) is 16.2 Å². The minimum Gasteiger partial charge on any atom is -0.457 e. The van der Waals surface area contributed by atoms with Gasteiger partial charge in [-0.1, -0.05) is 18.2 Å². The molecular weight excluding hydrogens is 416 g/mol. The Bertz CT molecular complexity index is 1230. The van der Waals surface area contributed by atoms with E-state index in [-0.39, 0.29) is 5.91 Å². The van der Waals surface area contributed by atoms with Crippen molar-refractivity contribution in [1.82, 2.24) is 24.4 Å². The molecule has 3 heterocycles. The van der Waals surface area contributed by atoms with Crippen molar-refractivity contribution in [3.63, 3.8) is 0 Å². The third kappa shape index (κ3) is 4.55. The van der Waals surface area contributed by atoms with E-state index < -0.39 is 0 Å². The maximum atomic E-state index is 13.0. The fraction of sp³-hybridized carbons (Fsp3) is 0.200. The molecule has 0 radical (unpaired) electrons. The molecule has 4 aromatic rings. The largest absolute Gasteiger partial charge is 0.457 e. The highest BCUT2D eigenvalue weighted by atomic mass is 16.5. The molecule has 1 saturated heterocycles. The highest BCUT2D eigenvalue weighted by molar-refractivity contribution is 5.94. The summed E-state index contributed by atoms with van der Waals surface area (Å²) in [5, 5.41) is 0. The van der Waals surface area contributed by atoms with Gasteiger partial charge < -0.3 is 14.5 Å². The molecular formula is C25H24N6O2. The summed E-state index contributed by atoms with van der Waals surface area (Å²) in [6.45, 7) is 4.61. The van der Waals surface area contributed by atoms with Gasteiger partial charge in [-0.15, -0.1) is 0 Å². The molecule has 5 rings (SSSR count). The van der Waals surface area contributed by atoms with E-state index in [1.165, 1.54) is 0 Å². The third-order valence-electron chi connectivity index (χ3n) is 5.68. The number of imidazole rings is 1. The zero-order chi connectivity index (χ0) is 22.6. The van der Waals surface area contributed by atoms with E-state index in [2.05, 4.69) is 19.9 Å². The van der Waals surface area contributed by atoms with Crippen molar-refractivity contribution >= 4 is 11.7 Å². The van der Waals surface area contributed by atoms with E-state index >= 15 is 0 Å². The number of hydrogen-bond acceptors (Lipinski definition) is 6. The minimum atomic E-state index is 0.0262. The molecule has 0 atom stereocenters. The fourth-order valence-electron chi connectivity index (χ4n) is 3.87. The standard InChI is InChI=1S/C25H24N6O2/c1-19-26-11-12-31(19)24-17-23(27-18-28-24)29-13-15-30(16-14-29)25(32)20-7-9-22(10-8-20)33-21-5-3-2-4-6-21/h2-12,17-18H,13-16H2,1H3. The number of aromatic nitrogens is 4. The van der Waals surface area contributed by atoms with Gasteiger partial charge in [0.1, 0.15) is 35.3 Å². The molecule has 8 nitrogen and oxygen atoms in total. The number of aryl methyl sites for hydroxylation is 1. The van der Waals surface area contributed by atoms with Crippen molar-refractivity contribution < 1.29 is 9.53 Å². The summed E-state index contributed by atoms with van der Waals surface area (Å²) >= 11 is 0. The monoisotopic (exact) mass is 440 g/mol. The molecule has 33 heavy (non-hydrogen) atoms. The van der Waals surface area contributed by atoms with Gasteiger partial charge in [-0.05, 0) is 43.3 Å². The Labute approximate surface area is 192 Å². The van der Waals surface area contributed by atoms with Crippen LogP contribution in [-0.4, -0.2) is 56.5 Å². The highest BCUT2D eigenvalue weighted by Gasteiger charge is 2.23. The normalized spacial score (nSPS) is 13.7. The number of anilines is 1. The molecule has 1 fully saturated rings. The second-order valence-electron chi connectivity index (χ2n) is 7.80. The molecule has 8 heteroatoms. The molecule has 0 spiro atoms. The number of hydrogen-bond donors (Lipinski definition) is 0. The number of rotatable bonds is 5. The smallest absolute Gasteiger partial charge is 0.253 e. The quantitative estimate of drug-likeness (QED) is 0.471. The first-order valence-corrected chi connectivity index (χ1v) is 10.9. The third-order valence-corrected chi connectivity index (χ3v) is 5.68. The zero-order valence-corrected chi connectivity index (χ0v) is 18.3. The fourth-order valence-corrected chi connectivity index (χ4v) is 3.87. The number of para-hydroxylation sites is 1. The Morgan fingerprint density at radius 2 is 1.55 bits per heavy atom. The van der Waals surface area contributed by atoms with Gasteiger partial charge in [-0.2, -0.15) is 0 Å². The van der Waals surface area contributed by atoms with Gasteiger partial charge in [-0.3, -0.25) is 9.36 Å². The van der Waals surface area contributed by atoms with E-state index in [0.29, 0.717) is 37.5 Å². The molecule has 2 aromatic carbocycles. The lowest BCUT2D eigenvalue weighted by atomic mass is 10.1. The van der Waals surface area contributed by atoms with Crippen LogP contribution in [0, 0.1) is 6.92 Å². The van der Waals surface area contributed by atoms with Crippen LogP contribution in [0.2, 0.25) is 0 Å². The Morgan fingerprint density at radius 3 is 2.24 bits per heavy atom. The van der Waals surface area contributed by atoms with Gasteiger partial charge in [0, 0.05) is 50.2 Å². The number of ether oxygens (including phenoxy) is 1. The van der Waals surface area contributed by atoms with Crippen molar-refractivity contribution in [3.05, 3.63) is 90.8 Å². The first-order chi connectivity index (χ1) is 16.2. The van der Waals surface area contributed by atoms with Crippen molar-refractivity contribution in [3.8, 4) is 17.3 Å². The molecule has 1 aliphatic rings. The van der Waals surface area contributed by atoms with Crippen LogP contribution in [0.15, 0.2) is 79.4 Å². The highest BCUT2D eigenvalue weighted by Crippen LogP contribution is 2.22. The molecule has 166 valence electrons. The molecule has 1 aliphatic heterocycles. The number of amides is 1. The van der Waals surface area contributed by atoms with Crippen LogP contribution in [0.25, 0.3) is 5.82 Å². The van der Waals surface area contributed by atoms with E-state index in [1.54, 1.807) is 12.5 Å². The Hall–Kier alpha value is -4.20. The lowest BCUT2D eigenvalue weighted by molar-refractivity contribution is 0.0746. The Balaban J connectivity index is 1.21. The van der Waals surface area contributed by atoms with Crippen LogP contribution < -0.4 is 9.64 Å². The molecule has 0 unspecified atom stereocenters. The van der Waals surface area contributed by atoms with Crippen molar-refractivity contribution in [1.29, 1.82) is 0 Å². The molecule has 0 saturated carbocycles. The number of carbonyl (C=O) groups excluding carboxylic acids is 1. The summed E-state index contributed by atoms with van der Waals surface area (Å²) in [6, 6.07) is 18.8. The van der Waals surface area contributed by atoms with Gasteiger partial charge in [0.25, 0.3) is 5.91 Å². The Kier molecular flexibility index (Phi) is 5.72. The van der Waals surface area contributed by atoms with Gasteiger partial charge in [0.05, 0.1) is 0 Å². The van der Waals surface area contributed by atoms with E-state index in [1.807, 2.05) is 83.3 Å². The second-order valence-corrected chi connectivity index (χ2v) is 7.80. The van der Waals surface area contributed by atoms with Crippen molar-refractivity contribution in [2.45, 2.75) is 6.92 Å². The predicted molar refractivity (Wildman–Crippen MR) is 125 cm³/mol. The summed E-state index contributed by atoms with van der Waals surface area (Å²) in [5.74, 6) is 4.00. The van der Waals surface area contributed by atoms with Crippen LogP contribution in [0.5, 0.6) is 11.5 Å². The molecule has 0 bridgehead atoms. The van der Waals surface area contributed by atoms with Gasteiger partial charge >= 0.3 is 0 Å². The van der Waals surface area contributed by atoms with E-state index in [4.69, 9.17) is 4.74 Å². The average molecular weight is 441 g/mol. The SMILES string of the molecule is Cc1nccn1-c1cc(N2CCN(C(=O)c3ccc(Oc4ccccc4)cc3)CC2)ncn1. The zero-order valence-electron chi connectivity index (χ0n) is 18.3. The van der Waals surface area contributed by atoms with Crippen molar-refractivity contribution in [2.75, 3.05) is 31.1 Å². The first kappa shape index (κ1) is 20.7. The number of nitrogens with zero attached hydrogens (tertiary/aromatic N) is 6. The molecule has 0 N–H and O–H groups in total. The van der Waals surface area contributed by atoms with Gasteiger partial charge in [-0.25, -0.2) is 15.0 Å². The lowest BCUT2D eigenvalue weighted by Crippen LogP contribution is -2.49. The summed E-state index contributed by atoms with van der Waals surface area (Å²) in [4.78, 5) is 30.1. The maximum Gasteiger partial charge on any atom is 0.253 e. The summed E-state index contributed by atoms with van der Waals surface area (Å²) in [5.41, 5.74) is 0.656. The average Bonchev–Trinajstić information content (AvgIpc) is 3.31. The van der Waals surface area contributed by atoms with Gasteiger partial charge in [0.15, 0.2) is 0 Å². The molecule has 2 aromatic heterocycles. The number of carbonyl (C=O) groups is 1. The lowest BCUT2D eigenvalue weighted by Gasteiger charge is -2.35. The van der Waals surface area contributed by atoms with E-state index in [0.717, 1.165) is 23.2 Å². The van der Waals surface area contributed by atoms with Crippen LogP contribution in [0.4, 0.5) is 5.82 Å². The minimum absolute atomic E-state index is 0.0262. The van der Waals surface area contributed by atoms with Crippen molar-refractivity contribution in [2.24, 2.45) is 0 Å². The van der Waals surface area contributed by atoms with Crippen LogP contribution >= 0.6 is 0 Å². The maximum absolute atomic E-state index is 13.0.